The molecule has 29 heavy (non-hydrogen) atoms. The van der Waals surface area contributed by atoms with Gasteiger partial charge in [0.15, 0.2) is 0 Å². The van der Waals surface area contributed by atoms with E-state index < -0.39 is 17.4 Å². The van der Waals surface area contributed by atoms with E-state index in [0.29, 0.717) is 22.7 Å². The summed E-state index contributed by atoms with van der Waals surface area (Å²) in [5.41, 5.74) is 1.12. The molecule has 0 aliphatic carbocycles. The van der Waals surface area contributed by atoms with Gasteiger partial charge in [-0.1, -0.05) is 12.1 Å². The molecule has 8 heteroatoms. The minimum Gasteiger partial charge on any atom is -0.497 e. The Kier molecular flexibility index (Phi) is 4.46. The number of hydrogen-bond donors (Lipinski definition) is 1. The molecule has 0 saturated carbocycles. The molecule has 3 aromatic rings. The molecule has 0 bridgehead atoms. The number of carbonyl (C=O) groups excluding carboxylic acids is 1. The quantitative estimate of drug-likeness (QED) is 0.735. The molecule has 148 valence electrons. The summed E-state index contributed by atoms with van der Waals surface area (Å²) in [7, 11) is 4.56. The van der Waals surface area contributed by atoms with Crippen LogP contribution in [0.4, 0.5) is 11.4 Å². The van der Waals surface area contributed by atoms with Crippen molar-refractivity contribution in [3.8, 4) is 5.75 Å². The van der Waals surface area contributed by atoms with Gasteiger partial charge in [-0.3, -0.25) is 19.1 Å². The Hall–Kier alpha value is -3.81. The third-order valence-electron chi connectivity index (χ3n) is 5.04. The molecule has 4 rings (SSSR count). The SMILES string of the molecule is COc1ccc(N2C(=O)c3ccccc3N[C@H]2c2cn(C)c(=O)n(C)c2=O)cc1. The number of rotatable bonds is 3. The lowest BCUT2D eigenvalue weighted by Gasteiger charge is -2.37. The summed E-state index contributed by atoms with van der Waals surface area (Å²) in [5.74, 6) is 0.409. The molecule has 1 N–H and O–H groups in total. The molecular formula is C21H20N4O4. The number of hydrogen-bond acceptors (Lipinski definition) is 5. The van der Waals surface area contributed by atoms with E-state index >= 15 is 0 Å². The predicted molar refractivity (Wildman–Crippen MR) is 110 cm³/mol. The lowest BCUT2D eigenvalue weighted by molar-refractivity contribution is 0.0974. The van der Waals surface area contributed by atoms with Gasteiger partial charge < -0.3 is 14.6 Å². The van der Waals surface area contributed by atoms with Crippen LogP contribution in [-0.4, -0.2) is 22.2 Å². The van der Waals surface area contributed by atoms with Crippen molar-refractivity contribution >= 4 is 17.3 Å². The van der Waals surface area contributed by atoms with E-state index in [9.17, 15) is 14.4 Å². The van der Waals surface area contributed by atoms with Crippen LogP contribution in [0.5, 0.6) is 5.75 Å². The number of anilines is 2. The van der Waals surface area contributed by atoms with E-state index in [1.807, 2.05) is 6.07 Å². The van der Waals surface area contributed by atoms with Gasteiger partial charge in [0.25, 0.3) is 11.5 Å². The minimum atomic E-state index is -0.781. The molecule has 1 aromatic heterocycles. The molecule has 8 nitrogen and oxygen atoms in total. The Morgan fingerprint density at radius 1 is 0.966 bits per heavy atom. The lowest BCUT2D eigenvalue weighted by Crippen LogP contribution is -2.48. The molecule has 2 aromatic carbocycles. The normalized spacial score (nSPS) is 15.6. The fourth-order valence-corrected chi connectivity index (χ4v) is 3.50. The molecule has 1 atom stereocenters. The zero-order valence-corrected chi connectivity index (χ0v) is 16.2. The highest BCUT2D eigenvalue weighted by Crippen LogP contribution is 2.36. The molecule has 0 spiro atoms. The van der Waals surface area contributed by atoms with Crippen LogP contribution in [0.2, 0.25) is 0 Å². The van der Waals surface area contributed by atoms with Gasteiger partial charge in [-0.2, -0.15) is 0 Å². The molecule has 0 unspecified atom stereocenters. The highest BCUT2D eigenvalue weighted by Gasteiger charge is 2.36. The van der Waals surface area contributed by atoms with Crippen molar-refractivity contribution in [2.24, 2.45) is 14.1 Å². The summed E-state index contributed by atoms with van der Waals surface area (Å²) in [6, 6.07) is 14.1. The average molecular weight is 392 g/mol. The Balaban J connectivity index is 1.93. The third-order valence-corrected chi connectivity index (χ3v) is 5.04. The first kappa shape index (κ1) is 18.5. The third kappa shape index (κ3) is 2.98. The number of aryl methyl sites for hydroxylation is 1. The summed E-state index contributed by atoms with van der Waals surface area (Å²) in [6.45, 7) is 0. The van der Waals surface area contributed by atoms with E-state index in [2.05, 4.69) is 5.32 Å². The summed E-state index contributed by atoms with van der Waals surface area (Å²) < 4.78 is 7.57. The van der Waals surface area contributed by atoms with Gasteiger partial charge in [0, 0.05) is 31.7 Å². The fraction of sp³-hybridized carbons (Fsp3) is 0.190. The Labute approximate surface area is 166 Å². The van der Waals surface area contributed by atoms with Crippen molar-refractivity contribution in [2.45, 2.75) is 6.17 Å². The number of nitrogens with zero attached hydrogens (tertiary/aromatic N) is 3. The number of carbonyl (C=O) groups is 1. The number of aromatic nitrogens is 2. The van der Waals surface area contributed by atoms with E-state index in [0.717, 1.165) is 4.57 Å². The Morgan fingerprint density at radius 2 is 1.66 bits per heavy atom. The average Bonchev–Trinajstić information content (AvgIpc) is 2.75. The predicted octanol–water partition coefficient (Wildman–Crippen LogP) is 1.86. The van der Waals surface area contributed by atoms with Crippen LogP contribution in [0.15, 0.2) is 64.3 Å². The van der Waals surface area contributed by atoms with Crippen LogP contribution < -0.4 is 26.2 Å². The van der Waals surface area contributed by atoms with Gasteiger partial charge in [0.2, 0.25) is 0 Å². The Bertz CT molecular complexity index is 1210. The second kappa shape index (κ2) is 6.97. The van der Waals surface area contributed by atoms with Gasteiger partial charge in [-0.15, -0.1) is 0 Å². The van der Waals surface area contributed by atoms with Gasteiger partial charge >= 0.3 is 5.69 Å². The van der Waals surface area contributed by atoms with Crippen LogP contribution in [0, 0.1) is 0 Å². The molecule has 0 radical (unpaired) electrons. The minimum absolute atomic E-state index is 0.245. The van der Waals surface area contributed by atoms with Crippen LogP contribution >= 0.6 is 0 Å². The lowest BCUT2D eigenvalue weighted by atomic mass is 10.0. The van der Waals surface area contributed by atoms with E-state index in [1.54, 1.807) is 56.6 Å². The number of methoxy groups -OCH3 is 1. The maximum absolute atomic E-state index is 13.4. The number of benzene rings is 2. The van der Waals surface area contributed by atoms with Crippen molar-refractivity contribution in [1.82, 2.24) is 9.13 Å². The first-order valence-corrected chi connectivity index (χ1v) is 9.02. The van der Waals surface area contributed by atoms with Crippen molar-refractivity contribution in [3.63, 3.8) is 0 Å². The maximum atomic E-state index is 13.4. The number of fused-ring (bicyclic) bond motifs is 1. The molecule has 1 aliphatic heterocycles. The monoisotopic (exact) mass is 392 g/mol. The topological polar surface area (TPSA) is 85.6 Å². The van der Waals surface area contributed by atoms with Crippen molar-refractivity contribution in [1.29, 1.82) is 0 Å². The zero-order chi connectivity index (χ0) is 20.7. The number of para-hydroxylation sites is 1. The van der Waals surface area contributed by atoms with Gasteiger partial charge in [-0.25, -0.2) is 4.79 Å². The maximum Gasteiger partial charge on any atom is 0.330 e. The van der Waals surface area contributed by atoms with Crippen molar-refractivity contribution < 1.29 is 9.53 Å². The van der Waals surface area contributed by atoms with Crippen LogP contribution in [0.1, 0.15) is 22.1 Å². The van der Waals surface area contributed by atoms with E-state index in [-0.39, 0.29) is 11.5 Å². The first-order valence-electron chi connectivity index (χ1n) is 9.02. The first-order chi connectivity index (χ1) is 13.9. The van der Waals surface area contributed by atoms with E-state index in [1.165, 1.54) is 22.7 Å². The van der Waals surface area contributed by atoms with Crippen molar-refractivity contribution in [2.75, 3.05) is 17.3 Å². The summed E-state index contributed by atoms with van der Waals surface area (Å²) in [4.78, 5) is 39.9. The molecule has 1 aliphatic rings. The molecular weight excluding hydrogens is 372 g/mol. The fourth-order valence-electron chi connectivity index (χ4n) is 3.50. The molecule has 2 heterocycles. The number of nitrogens with one attached hydrogen (secondary N) is 1. The summed E-state index contributed by atoms with van der Waals surface area (Å²) in [5, 5.41) is 3.28. The smallest absolute Gasteiger partial charge is 0.330 e. The van der Waals surface area contributed by atoms with Crippen molar-refractivity contribution in [3.05, 3.63) is 86.7 Å². The summed E-state index contributed by atoms with van der Waals surface area (Å²) in [6.07, 6.45) is 0.691. The van der Waals surface area contributed by atoms with Gasteiger partial charge in [0.1, 0.15) is 11.9 Å². The van der Waals surface area contributed by atoms with Crippen LogP contribution in [-0.2, 0) is 14.1 Å². The second-order valence-corrected chi connectivity index (χ2v) is 6.81. The number of amides is 1. The molecule has 0 saturated heterocycles. The molecule has 0 fully saturated rings. The Morgan fingerprint density at radius 3 is 2.34 bits per heavy atom. The van der Waals surface area contributed by atoms with Crippen LogP contribution in [0.3, 0.4) is 0 Å². The van der Waals surface area contributed by atoms with Gasteiger partial charge in [-0.05, 0) is 36.4 Å². The molecule has 1 amide bonds. The van der Waals surface area contributed by atoms with E-state index in [4.69, 9.17) is 4.74 Å². The highest BCUT2D eigenvalue weighted by atomic mass is 16.5. The zero-order valence-electron chi connectivity index (χ0n) is 16.2. The number of ether oxygens (including phenoxy) is 1. The second-order valence-electron chi connectivity index (χ2n) is 6.81. The summed E-state index contributed by atoms with van der Waals surface area (Å²) >= 11 is 0. The van der Waals surface area contributed by atoms with Crippen LogP contribution in [0.25, 0.3) is 0 Å². The standard InChI is InChI=1S/C21H20N4O4/c1-23-12-16(19(26)24(2)21(23)28)18-22-17-7-5-4-6-15(17)20(27)25(18)13-8-10-14(29-3)11-9-13/h4-12,18,22H,1-3H3/t18-/m1/s1. The highest BCUT2D eigenvalue weighted by molar-refractivity contribution is 6.12. The van der Waals surface area contributed by atoms with Gasteiger partial charge in [0.05, 0.1) is 18.2 Å². The largest absolute Gasteiger partial charge is 0.497 e.